The van der Waals surface area contributed by atoms with Crippen molar-refractivity contribution in [3.8, 4) is 11.5 Å². The number of benzene rings is 2. The third-order valence-corrected chi connectivity index (χ3v) is 4.40. The molecule has 0 radical (unpaired) electrons. The lowest BCUT2D eigenvalue weighted by atomic mass is 10.0. The quantitative estimate of drug-likeness (QED) is 0.671. The molecule has 1 aliphatic rings. The van der Waals surface area contributed by atoms with Crippen LogP contribution in [0.2, 0.25) is 10.0 Å². The molecule has 3 rings (SSSR count). The van der Waals surface area contributed by atoms with Crippen LogP contribution in [0.4, 0.5) is 0 Å². The largest absolute Gasteiger partial charge is 0.457 e. The topological polar surface area (TPSA) is 66.3 Å². The van der Waals surface area contributed by atoms with Crippen LogP contribution < -0.4 is 10.2 Å². The summed E-state index contributed by atoms with van der Waals surface area (Å²) in [5.74, 6) is -0.430. The molecule has 0 saturated heterocycles. The Kier molecular flexibility index (Phi) is 6.24. The molecule has 8 heteroatoms. The Morgan fingerprint density at radius 1 is 1.19 bits per heavy atom. The van der Waals surface area contributed by atoms with Crippen molar-refractivity contribution in [1.82, 2.24) is 10.4 Å². The highest BCUT2D eigenvalue weighted by molar-refractivity contribution is 6.31. The van der Waals surface area contributed by atoms with Crippen molar-refractivity contribution < 1.29 is 14.6 Å². The van der Waals surface area contributed by atoms with Crippen LogP contribution in [0.1, 0.15) is 19.4 Å². The van der Waals surface area contributed by atoms with Gasteiger partial charge in [-0.3, -0.25) is 4.99 Å². The molecule has 0 spiro atoms. The van der Waals surface area contributed by atoms with Gasteiger partial charge in [-0.15, -0.1) is 0 Å². The second-order valence-electron chi connectivity index (χ2n) is 6.43. The van der Waals surface area contributed by atoms with Gasteiger partial charge in [-0.1, -0.05) is 23.2 Å². The molecule has 2 aromatic rings. The van der Waals surface area contributed by atoms with Crippen LogP contribution in [-0.4, -0.2) is 35.8 Å². The van der Waals surface area contributed by atoms with E-state index in [1.807, 2.05) is 13.8 Å². The zero-order valence-corrected chi connectivity index (χ0v) is 16.5. The van der Waals surface area contributed by atoms with E-state index in [0.29, 0.717) is 33.8 Å². The maximum atomic E-state index is 11.2. The lowest BCUT2D eigenvalue weighted by Crippen LogP contribution is -2.47. The number of ether oxygens (including phenoxy) is 2. The fourth-order valence-electron chi connectivity index (χ4n) is 2.75. The molecular weight excluding hydrogens is 389 g/mol. The van der Waals surface area contributed by atoms with Gasteiger partial charge in [0.05, 0.1) is 24.0 Å². The first-order valence-electron chi connectivity index (χ1n) is 8.49. The van der Waals surface area contributed by atoms with Gasteiger partial charge in [-0.2, -0.15) is 5.01 Å². The van der Waals surface area contributed by atoms with Crippen LogP contribution in [-0.2, 0) is 10.5 Å². The third-order valence-electron chi connectivity index (χ3n) is 3.83. The van der Waals surface area contributed by atoms with E-state index in [0.717, 1.165) is 0 Å². The van der Waals surface area contributed by atoms with Gasteiger partial charge >= 0.3 is 0 Å². The Bertz CT molecular complexity index is 806. The van der Waals surface area contributed by atoms with Gasteiger partial charge in [0.25, 0.3) is 0 Å². The molecule has 1 atom stereocenters. The average Bonchev–Trinajstić information content (AvgIpc) is 3.08. The summed E-state index contributed by atoms with van der Waals surface area (Å²) < 4.78 is 11.6. The predicted molar refractivity (Wildman–Crippen MR) is 106 cm³/mol. The molecule has 6 nitrogen and oxygen atoms in total. The number of β-amino-alcohol motifs (C(OH)–C–C–N with tert-alkyl or cyclic N) is 1. The van der Waals surface area contributed by atoms with Crippen molar-refractivity contribution in [3.05, 3.63) is 58.1 Å². The maximum absolute atomic E-state index is 11.2. The lowest BCUT2D eigenvalue weighted by Gasteiger charge is -2.34. The second-order valence-corrected chi connectivity index (χ2v) is 7.27. The SMILES string of the molecule is CC(C)OC(O)(CN1CN=CN1)c1ccc(Oc2ccc(Cl)cc2)cc1Cl. The Hall–Kier alpha value is -1.83. The maximum Gasteiger partial charge on any atom is 0.209 e. The highest BCUT2D eigenvalue weighted by Crippen LogP contribution is 2.35. The van der Waals surface area contributed by atoms with Crippen LogP contribution in [0, 0.1) is 0 Å². The summed E-state index contributed by atoms with van der Waals surface area (Å²) in [5, 5.41) is 13.9. The van der Waals surface area contributed by atoms with Crippen molar-refractivity contribution in [3.63, 3.8) is 0 Å². The number of hydrogen-bond acceptors (Lipinski definition) is 6. The molecular formula is C19H21Cl2N3O3. The summed E-state index contributed by atoms with van der Waals surface area (Å²) in [6, 6.07) is 12.1. The minimum Gasteiger partial charge on any atom is -0.457 e. The summed E-state index contributed by atoms with van der Waals surface area (Å²) in [6.07, 6.45) is 1.36. The van der Waals surface area contributed by atoms with Gasteiger partial charge in [0.15, 0.2) is 0 Å². The Labute approximate surface area is 168 Å². The number of nitrogens with zero attached hydrogens (tertiary/aromatic N) is 2. The first kappa shape index (κ1) is 19.9. The van der Waals surface area contributed by atoms with Gasteiger partial charge in [-0.25, -0.2) is 0 Å². The third kappa shape index (κ3) is 5.12. The number of nitrogens with one attached hydrogen (secondary N) is 1. The van der Waals surface area contributed by atoms with Crippen molar-refractivity contribution in [2.24, 2.45) is 4.99 Å². The van der Waals surface area contributed by atoms with Crippen molar-refractivity contribution in [1.29, 1.82) is 0 Å². The van der Waals surface area contributed by atoms with Gasteiger partial charge in [0, 0.05) is 10.6 Å². The average molecular weight is 410 g/mol. The normalized spacial score (nSPS) is 16.4. The molecule has 1 aliphatic heterocycles. The molecule has 2 aromatic carbocycles. The number of aliphatic imine (C=N–C) groups is 1. The Morgan fingerprint density at radius 3 is 2.48 bits per heavy atom. The fourth-order valence-corrected chi connectivity index (χ4v) is 3.19. The molecule has 0 bridgehead atoms. The molecule has 0 aromatic heterocycles. The Morgan fingerprint density at radius 2 is 1.89 bits per heavy atom. The van der Waals surface area contributed by atoms with Crippen LogP contribution in [0.3, 0.4) is 0 Å². The lowest BCUT2D eigenvalue weighted by molar-refractivity contribution is -0.242. The summed E-state index contributed by atoms with van der Waals surface area (Å²) >= 11 is 12.3. The number of hydrazine groups is 1. The summed E-state index contributed by atoms with van der Waals surface area (Å²) in [5.41, 5.74) is 3.40. The van der Waals surface area contributed by atoms with E-state index in [4.69, 9.17) is 32.7 Å². The molecule has 2 N–H and O–H groups in total. The monoisotopic (exact) mass is 409 g/mol. The zero-order chi connectivity index (χ0) is 19.4. The summed E-state index contributed by atoms with van der Waals surface area (Å²) in [7, 11) is 0. The Balaban J connectivity index is 1.82. The zero-order valence-electron chi connectivity index (χ0n) is 15.0. The smallest absolute Gasteiger partial charge is 0.209 e. The molecule has 1 heterocycles. The highest BCUT2D eigenvalue weighted by atomic mass is 35.5. The first-order chi connectivity index (χ1) is 12.9. The molecule has 0 saturated carbocycles. The van der Waals surface area contributed by atoms with E-state index in [1.165, 1.54) is 0 Å². The fraction of sp³-hybridized carbons (Fsp3) is 0.316. The van der Waals surface area contributed by atoms with E-state index in [-0.39, 0.29) is 12.6 Å². The van der Waals surface area contributed by atoms with E-state index in [2.05, 4.69) is 10.4 Å². The van der Waals surface area contributed by atoms with Gasteiger partial charge in [0.2, 0.25) is 5.79 Å². The van der Waals surface area contributed by atoms with Gasteiger partial charge in [0.1, 0.15) is 18.2 Å². The van der Waals surface area contributed by atoms with Crippen LogP contribution in [0.15, 0.2) is 47.5 Å². The molecule has 144 valence electrons. The molecule has 1 unspecified atom stereocenters. The minimum absolute atomic E-state index is 0.155. The van der Waals surface area contributed by atoms with E-state index in [9.17, 15) is 5.11 Å². The van der Waals surface area contributed by atoms with Crippen molar-refractivity contribution in [2.75, 3.05) is 13.2 Å². The van der Waals surface area contributed by atoms with E-state index in [1.54, 1.807) is 53.8 Å². The van der Waals surface area contributed by atoms with Crippen LogP contribution in [0.5, 0.6) is 11.5 Å². The number of aliphatic hydroxyl groups is 1. The standard InChI is InChI=1S/C19H21Cl2N3O3/c1-13(2)27-19(25,10-24-12-22-11-23-24)17-8-7-16(9-18(17)21)26-15-5-3-14(20)4-6-15/h3-9,11,13,25H,10,12H2,1-2H3,(H,22,23). The predicted octanol–water partition coefficient (Wildman–Crippen LogP) is 4.16. The van der Waals surface area contributed by atoms with Crippen LogP contribution in [0.25, 0.3) is 0 Å². The van der Waals surface area contributed by atoms with Gasteiger partial charge in [-0.05, 0) is 56.3 Å². The molecule has 0 amide bonds. The number of hydrogen-bond donors (Lipinski definition) is 2. The minimum atomic E-state index is -1.61. The molecule has 0 fully saturated rings. The summed E-state index contributed by atoms with van der Waals surface area (Å²) in [6.45, 7) is 4.27. The molecule has 0 aliphatic carbocycles. The number of halogens is 2. The van der Waals surface area contributed by atoms with Crippen LogP contribution >= 0.6 is 23.2 Å². The van der Waals surface area contributed by atoms with Gasteiger partial charge < -0.3 is 20.0 Å². The molecule has 27 heavy (non-hydrogen) atoms. The van der Waals surface area contributed by atoms with E-state index < -0.39 is 5.79 Å². The first-order valence-corrected chi connectivity index (χ1v) is 9.24. The van der Waals surface area contributed by atoms with E-state index >= 15 is 0 Å². The van der Waals surface area contributed by atoms with Crippen molar-refractivity contribution in [2.45, 2.75) is 25.7 Å². The summed E-state index contributed by atoms with van der Waals surface area (Å²) in [4.78, 5) is 4.07. The second kappa shape index (κ2) is 8.46. The highest BCUT2D eigenvalue weighted by Gasteiger charge is 2.36. The number of rotatable bonds is 7. The van der Waals surface area contributed by atoms with Crippen molar-refractivity contribution >= 4 is 29.5 Å².